The van der Waals surface area contributed by atoms with Gasteiger partial charge >= 0.3 is 6.03 Å². The Balaban J connectivity index is 2.92. The zero-order valence-electron chi connectivity index (χ0n) is 12.6. The molecule has 120 valence electrons. The number of nitrogens with one attached hydrogen (secondary N) is 2. The van der Waals surface area contributed by atoms with Crippen molar-refractivity contribution < 1.29 is 22.8 Å². The van der Waals surface area contributed by atoms with Crippen molar-refractivity contribution in [3.05, 3.63) is 0 Å². The number of sulfonamides is 1. The average molecular weight is 319 g/mol. The molecule has 0 aromatic carbocycles. The summed E-state index contributed by atoms with van der Waals surface area (Å²) in [5.74, 6) is -2.09. The van der Waals surface area contributed by atoms with Crippen LogP contribution in [0.25, 0.3) is 0 Å². The number of imide groups is 2. The first-order valence-electron chi connectivity index (χ1n) is 6.62. The van der Waals surface area contributed by atoms with E-state index in [1.54, 1.807) is 13.8 Å². The van der Waals surface area contributed by atoms with Gasteiger partial charge in [-0.3, -0.25) is 19.8 Å². The number of urea groups is 1. The summed E-state index contributed by atoms with van der Waals surface area (Å²) in [5.41, 5.74) is -1.03. The van der Waals surface area contributed by atoms with E-state index in [9.17, 15) is 22.8 Å². The van der Waals surface area contributed by atoms with Crippen LogP contribution in [-0.2, 0) is 19.6 Å². The molecule has 21 heavy (non-hydrogen) atoms. The number of carbonyl (C=O) groups excluding carboxylic acids is 3. The van der Waals surface area contributed by atoms with Crippen LogP contribution in [0.1, 0.15) is 33.6 Å². The highest BCUT2D eigenvalue weighted by atomic mass is 32.2. The normalized spacial score (nSPS) is 20.7. The summed E-state index contributed by atoms with van der Waals surface area (Å²) in [6, 6.07) is -0.819. The van der Waals surface area contributed by atoms with Gasteiger partial charge in [-0.05, 0) is 20.3 Å². The summed E-state index contributed by atoms with van der Waals surface area (Å²) >= 11 is 0. The smallest absolute Gasteiger partial charge is 0.277 e. The molecule has 1 rings (SSSR count). The first-order chi connectivity index (χ1) is 9.47. The first kappa shape index (κ1) is 17.6. The van der Waals surface area contributed by atoms with Gasteiger partial charge in [0, 0.05) is 12.1 Å². The SMILES string of the molecule is CCCC1C(=O)NC(=O)N(CC(C)(C)NS(C)(=O)=O)C1=O. The maximum atomic E-state index is 12.2. The number of rotatable bonds is 6. The maximum Gasteiger partial charge on any atom is 0.330 e. The predicted octanol–water partition coefficient (Wildman–Crippen LogP) is -0.191. The molecular weight excluding hydrogens is 298 g/mol. The van der Waals surface area contributed by atoms with Gasteiger partial charge in [0.25, 0.3) is 0 Å². The molecule has 8 nitrogen and oxygen atoms in total. The molecule has 0 saturated carbocycles. The molecule has 2 N–H and O–H groups in total. The predicted molar refractivity (Wildman–Crippen MR) is 75.7 cm³/mol. The number of amides is 4. The van der Waals surface area contributed by atoms with Crippen LogP contribution in [0, 0.1) is 5.92 Å². The molecule has 1 atom stereocenters. The van der Waals surface area contributed by atoms with Crippen LogP contribution in [-0.4, -0.2) is 49.5 Å². The third-order valence-electron chi connectivity index (χ3n) is 2.95. The van der Waals surface area contributed by atoms with Crippen LogP contribution >= 0.6 is 0 Å². The molecule has 1 unspecified atom stereocenters. The van der Waals surface area contributed by atoms with E-state index in [1.807, 2.05) is 6.92 Å². The van der Waals surface area contributed by atoms with Gasteiger partial charge in [-0.15, -0.1) is 0 Å². The Morgan fingerprint density at radius 2 is 1.86 bits per heavy atom. The van der Waals surface area contributed by atoms with Crippen LogP contribution in [0.15, 0.2) is 0 Å². The van der Waals surface area contributed by atoms with E-state index < -0.39 is 39.3 Å². The summed E-state index contributed by atoms with van der Waals surface area (Å²) in [6.07, 6.45) is 1.96. The molecule has 0 aromatic rings. The van der Waals surface area contributed by atoms with Crippen molar-refractivity contribution in [2.75, 3.05) is 12.8 Å². The van der Waals surface area contributed by atoms with E-state index in [-0.39, 0.29) is 6.54 Å². The molecule has 1 saturated heterocycles. The van der Waals surface area contributed by atoms with Crippen molar-refractivity contribution in [2.45, 2.75) is 39.2 Å². The highest BCUT2D eigenvalue weighted by Gasteiger charge is 2.42. The van der Waals surface area contributed by atoms with Gasteiger partial charge < -0.3 is 0 Å². The van der Waals surface area contributed by atoms with Crippen molar-refractivity contribution in [2.24, 2.45) is 5.92 Å². The van der Waals surface area contributed by atoms with E-state index in [0.717, 1.165) is 11.2 Å². The van der Waals surface area contributed by atoms with Gasteiger partial charge in [0.15, 0.2) is 0 Å². The fraction of sp³-hybridized carbons (Fsp3) is 0.750. The number of hydrogen-bond acceptors (Lipinski definition) is 5. The van der Waals surface area contributed by atoms with Crippen LogP contribution in [0.3, 0.4) is 0 Å². The quantitative estimate of drug-likeness (QED) is 0.659. The lowest BCUT2D eigenvalue weighted by Gasteiger charge is -2.35. The minimum Gasteiger partial charge on any atom is -0.277 e. The first-order valence-corrected chi connectivity index (χ1v) is 8.51. The van der Waals surface area contributed by atoms with E-state index in [2.05, 4.69) is 10.0 Å². The molecular formula is C12H21N3O5S. The van der Waals surface area contributed by atoms with Gasteiger partial charge in [0.05, 0.1) is 6.26 Å². The second-order valence-corrected chi connectivity index (χ2v) is 7.57. The number of nitrogens with zero attached hydrogens (tertiary/aromatic N) is 1. The largest absolute Gasteiger partial charge is 0.330 e. The molecule has 1 aliphatic rings. The van der Waals surface area contributed by atoms with Crippen LogP contribution in [0.2, 0.25) is 0 Å². The van der Waals surface area contributed by atoms with Gasteiger partial charge in [-0.25, -0.2) is 17.9 Å². The highest BCUT2D eigenvalue weighted by molar-refractivity contribution is 7.88. The topological polar surface area (TPSA) is 113 Å². The second kappa shape index (κ2) is 6.10. The molecule has 0 aromatic heterocycles. The Morgan fingerprint density at radius 1 is 1.29 bits per heavy atom. The summed E-state index contributed by atoms with van der Waals surface area (Å²) in [4.78, 5) is 36.6. The fourth-order valence-corrected chi connectivity index (χ4v) is 3.35. The zero-order valence-corrected chi connectivity index (χ0v) is 13.4. The Labute approximate surface area is 124 Å². The monoisotopic (exact) mass is 319 g/mol. The minimum atomic E-state index is -3.49. The van der Waals surface area contributed by atoms with Crippen molar-refractivity contribution in [3.8, 4) is 0 Å². The molecule has 0 bridgehead atoms. The van der Waals surface area contributed by atoms with Crippen molar-refractivity contribution >= 4 is 27.9 Å². The Kier molecular flexibility index (Phi) is 5.11. The average Bonchev–Trinajstić information content (AvgIpc) is 2.27. The Bertz CT molecular complexity index is 555. The highest BCUT2D eigenvalue weighted by Crippen LogP contribution is 2.18. The van der Waals surface area contributed by atoms with E-state index >= 15 is 0 Å². The van der Waals surface area contributed by atoms with Gasteiger partial charge in [0.2, 0.25) is 21.8 Å². The summed E-state index contributed by atoms with van der Waals surface area (Å²) in [5, 5.41) is 2.13. The molecule has 1 aliphatic heterocycles. The van der Waals surface area contributed by atoms with E-state index in [1.165, 1.54) is 0 Å². The molecule has 0 aliphatic carbocycles. The number of barbiturate groups is 1. The lowest BCUT2D eigenvalue weighted by Crippen LogP contribution is -2.62. The summed E-state index contributed by atoms with van der Waals surface area (Å²) < 4.78 is 25.0. The fourth-order valence-electron chi connectivity index (χ4n) is 2.28. The van der Waals surface area contributed by atoms with Crippen LogP contribution in [0.4, 0.5) is 4.79 Å². The van der Waals surface area contributed by atoms with E-state index in [0.29, 0.717) is 12.8 Å². The van der Waals surface area contributed by atoms with Crippen molar-refractivity contribution in [1.29, 1.82) is 0 Å². The molecule has 0 spiro atoms. The lowest BCUT2D eigenvalue weighted by molar-refractivity contribution is -0.143. The third kappa shape index (κ3) is 4.78. The Hall–Kier alpha value is -1.48. The van der Waals surface area contributed by atoms with Crippen LogP contribution < -0.4 is 10.0 Å². The van der Waals surface area contributed by atoms with Crippen LogP contribution in [0.5, 0.6) is 0 Å². The van der Waals surface area contributed by atoms with Crippen molar-refractivity contribution in [1.82, 2.24) is 14.9 Å². The summed E-state index contributed by atoms with van der Waals surface area (Å²) in [6.45, 7) is 4.79. The molecule has 9 heteroatoms. The summed E-state index contributed by atoms with van der Waals surface area (Å²) in [7, 11) is -3.49. The number of carbonyl (C=O) groups is 3. The third-order valence-corrected chi connectivity index (χ3v) is 3.87. The van der Waals surface area contributed by atoms with Gasteiger partial charge in [0.1, 0.15) is 5.92 Å². The second-order valence-electron chi connectivity index (χ2n) is 5.82. The van der Waals surface area contributed by atoms with Gasteiger partial charge in [-0.2, -0.15) is 0 Å². The van der Waals surface area contributed by atoms with Gasteiger partial charge in [-0.1, -0.05) is 13.3 Å². The molecule has 1 heterocycles. The maximum absolute atomic E-state index is 12.2. The minimum absolute atomic E-state index is 0.155. The Morgan fingerprint density at radius 3 is 2.33 bits per heavy atom. The number of hydrogen-bond donors (Lipinski definition) is 2. The van der Waals surface area contributed by atoms with Crippen molar-refractivity contribution in [3.63, 3.8) is 0 Å². The molecule has 1 fully saturated rings. The zero-order chi connectivity index (χ0) is 16.4. The molecule has 4 amide bonds. The van der Waals surface area contributed by atoms with E-state index in [4.69, 9.17) is 0 Å². The molecule has 0 radical (unpaired) electrons. The standard InChI is InChI=1S/C12H21N3O5S/c1-5-6-8-9(16)13-11(18)15(10(8)17)7-12(2,3)14-21(4,19)20/h8,14H,5-7H2,1-4H3,(H,13,16,18). The lowest BCUT2D eigenvalue weighted by atomic mass is 9.97.